The van der Waals surface area contributed by atoms with Gasteiger partial charge in [-0.15, -0.1) is 0 Å². The molecule has 0 bridgehead atoms. The lowest BCUT2D eigenvalue weighted by Crippen LogP contribution is -2.43. The Balaban J connectivity index is 1.58. The highest BCUT2D eigenvalue weighted by Gasteiger charge is 2.39. The molecule has 1 heterocycles. The Bertz CT molecular complexity index is 1410. The number of aliphatic hydroxyl groups excluding tert-OH is 1. The van der Waals surface area contributed by atoms with Gasteiger partial charge in [0.05, 0.1) is 18.6 Å². The second-order valence-corrected chi connectivity index (χ2v) is 12.1. The molecule has 9 nitrogen and oxygen atoms in total. The summed E-state index contributed by atoms with van der Waals surface area (Å²) in [5.41, 5.74) is 16.6. The van der Waals surface area contributed by atoms with Crippen LogP contribution in [0.4, 0.5) is 4.79 Å². The number of rotatable bonds is 16. The summed E-state index contributed by atoms with van der Waals surface area (Å²) in [6.45, 7) is 6.60. The Morgan fingerprint density at radius 2 is 1.47 bits per heavy atom. The number of carbonyl (C=O) groups excluding carboxylic acids is 3. The SMILES string of the molecule is Cc1cccc(C)c1OCC(=O)[C@@H]([C@H](N)c1ccccc1)[C@@H](O)C[C@H](C(=O)CC(C)CN1CCOC1=O)[C@H](N)c1ccccc1. The number of Topliss-reactive ketones (excluding diaryl/α,β-unsaturated/α-hetero) is 2. The van der Waals surface area contributed by atoms with E-state index in [0.717, 1.165) is 16.7 Å². The molecule has 3 aromatic carbocycles. The maximum absolute atomic E-state index is 13.9. The highest BCUT2D eigenvalue weighted by atomic mass is 16.6. The molecule has 5 N–H and O–H groups in total. The molecule has 1 aliphatic rings. The first-order chi connectivity index (χ1) is 21.6. The normalized spacial score (nSPS) is 17.1. The highest BCUT2D eigenvalue weighted by Crippen LogP contribution is 2.33. The Morgan fingerprint density at radius 3 is 2.02 bits per heavy atom. The molecule has 1 fully saturated rings. The monoisotopic (exact) mass is 615 g/mol. The summed E-state index contributed by atoms with van der Waals surface area (Å²) in [7, 11) is 0. The lowest BCUT2D eigenvalue weighted by molar-refractivity contribution is -0.132. The largest absolute Gasteiger partial charge is 0.485 e. The number of para-hydroxylation sites is 1. The molecule has 0 radical (unpaired) electrons. The molecule has 1 unspecified atom stereocenters. The van der Waals surface area contributed by atoms with Crippen molar-refractivity contribution in [2.24, 2.45) is 29.2 Å². The number of ketones is 2. The number of aliphatic hydroxyl groups is 1. The molecule has 4 rings (SSSR count). The van der Waals surface area contributed by atoms with Gasteiger partial charge < -0.3 is 30.9 Å². The predicted octanol–water partition coefficient (Wildman–Crippen LogP) is 4.68. The van der Waals surface area contributed by atoms with E-state index in [2.05, 4.69) is 0 Å². The van der Waals surface area contributed by atoms with Crippen LogP contribution in [-0.2, 0) is 14.3 Å². The molecule has 3 aromatic rings. The standard InChI is InChI=1S/C36H45N3O6/c1-23(21-39-17-18-44-36(39)43)19-29(40)28(33(37)26-13-6-4-7-14-26)20-30(41)32(34(38)27-15-8-5-9-16-27)31(42)22-45-35-24(2)11-10-12-25(35)3/h4-16,23,28,30,32-34,41H,17-22,37-38H2,1-3H3/t23?,28-,30+,32+,33-,34-/m1/s1. The fourth-order valence-electron chi connectivity index (χ4n) is 6.12. The predicted molar refractivity (Wildman–Crippen MR) is 172 cm³/mol. The first-order valence-electron chi connectivity index (χ1n) is 15.5. The average Bonchev–Trinajstić information content (AvgIpc) is 3.43. The summed E-state index contributed by atoms with van der Waals surface area (Å²) >= 11 is 0. The van der Waals surface area contributed by atoms with Gasteiger partial charge in [-0.2, -0.15) is 0 Å². The van der Waals surface area contributed by atoms with Crippen molar-refractivity contribution in [2.75, 3.05) is 26.3 Å². The van der Waals surface area contributed by atoms with Gasteiger partial charge in [-0.05, 0) is 48.4 Å². The zero-order chi connectivity index (χ0) is 32.5. The van der Waals surface area contributed by atoms with Crippen LogP contribution in [0.3, 0.4) is 0 Å². The van der Waals surface area contributed by atoms with Gasteiger partial charge in [0.2, 0.25) is 0 Å². The quantitative estimate of drug-likeness (QED) is 0.211. The van der Waals surface area contributed by atoms with Crippen molar-refractivity contribution in [2.45, 2.75) is 51.8 Å². The third-order valence-electron chi connectivity index (χ3n) is 8.58. The molecule has 6 atom stereocenters. The topological polar surface area (TPSA) is 145 Å². The van der Waals surface area contributed by atoms with Gasteiger partial charge in [0, 0.05) is 31.0 Å². The zero-order valence-electron chi connectivity index (χ0n) is 26.3. The van der Waals surface area contributed by atoms with Crippen molar-refractivity contribution in [1.82, 2.24) is 4.90 Å². The Morgan fingerprint density at radius 1 is 0.889 bits per heavy atom. The summed E-state index contributed by atoms with van der Waals surface area (Å²) in [5, 5.41) is 11.8. The number of hydrogen-bond donors (Lipinski definition) is 3. The summed E-state index contributed by atoms with van der Waals surface area (Å²) in [6, 6.07) is 22.5. The van der Waals surface area contributed by atoms with E-state index in [4.69, 9.17) is 20.9 Å². The van der Waals surface area contributed by atoms with E-state index in [9.17, 15) is 19.5 Å². The van der Waals surface area contributed by atoms with Gasteiger partial charge in [0.1, 0.15) is 24.7 Å². The van der Waals surface area contributed by atoms with Gasteiger partial charge in [-0.1, -0.05) is 85.8 Å². The molecule has 0 aromatic heterocycles. The molecule has 0 spiro atoms. The Kier molecular flexibility index (Phi) is 11.9. The first-order valence-corrected chi connectivity index (χ1v) is 15.5. The molecule has 1 amide bonds. The van der Waals surface area contributed by atoms with Crippen LogP contribution in [0.25, 0.3) is 0 Å². The van der Waals surface area contributed by atoms with Crippen molar-refractivity contribution < 1.29 is 29.0 Å². The first kappa shape index (κ1) is 33.8. The molecule has 1 aliphatic heterocycles. The molecule has 0 aliphatic carbocycles. The molecule has 1 saturated heterocycles. The van der Waals surface area contributed by atoms with Crippen LogP contribution in [0.5, 0.6) is 5.75 Å². The van der Waals surface area contributed by atoms with Crippen LogP contribution in [-0.4, -0.2) is 60.1 Å². The Hall–Kier alpha value is -4.05. The van der Waals surface area contributed by atoms with E-state index in [1.807, 2.05) is 99.6 Å². The number of benzene rings is 3. The van der Waals surface area contributed by atoms with Crippen LogP contribution in [0, 0.1) is 31.6 Å². The van der Waals surface area contributed by atoms with Crippen LogP contribution in [0.1, 0.15) is 54.1 Å². The second kappa shape index (κ2) is 15.8. The number of ether oxygens (including phenoxy) is 2. The molecule has 0 saturated carbocycles. The van der Waals surface area contributed by atoms with Gasteiger partial charge in [-0.25, -0.2) is 4.79 Å². The van der Waals surface area contributed by atoms with Crippen molar-refractivity contribution in [3.63, 3.8) is 0 Å². The summed E-state index contributed by atoms with van der Waals surface area (Å²) < 4.78 is 11.0. The second-order valence-electron chi connectivity index (χ2n) is 12.1. The average molecular weight is 616 g/mol. The molecule has 240 valence electrons. The van der Waals surface area contributed by atoms with Gasteiger partial charge in [0.25, 0.3) is 0 Å². The third kappa shape index (κ3) is 8.78. The lowest BCUT2D eigenvalue weighted by Gasteiger charge is -2.32. The minimum absolute atomic E-state index is 0.0757. The number of amides is 1. The number of hydrogen-bond acceptors (Lipinski definition) is 8. The van der Waals surface area contributed by atoms with Crippen LogP contribution in [0.2, 0.25) is 0 Å². The molecular formula is C36H45N3O6. The summed E-state index contributed by atoms with van der Waals surface area (Å²) in [4.78, 5) is 41.3. The number of carbonyl (C=O) groups is 3. The van der Waals surface area contributed by atoms with E-state index < -0.39 is 30.0 Å². The Labute approximate surface area is 265 Å². The number of cyclic esters (lactones) is 1. The molecule has 45 heavy (non-hydrogen) atoms. The number of aryl methyl sites for hydroxylation is 2. The van der Waals surface area contributed by atoms with Crippen molar-refractivity contribution in [1.29, 1.82) is 0 Å². The van der Waals surface area contributed by atoms with E-state index in [1.54, 1.807) is 4.90 Å². The van der Waals surface area contributed by atoms with E-state index in [1.165, 1.54) is 0 Å². The summed E-state index contributed by atoms with van der Waals surface area (Å²) in [5.74, 6) is -1.96. The smallest absolute Gasteiger partial charge is 0.409 e. The molecular weight excluding hydrogens is 570 g/mol. The van der Waals surface area contributed by atoms with E-state index >= 15 is 0 Å². The van der Waals surface area contributed by atoms with E-state index in [-0.39, 0.29) is 43.0 Å². The van der Waals surface area contributed by atoms with E-state index in [0.29, 0.717) is 31.0 Å². The number of nitrogens with two attached hydrogens (primary N) is 2. The zero-order valence-corrected chi connectivity index (χ0v) is 26.3. The maximum atomic E-state index is 13.9. The minimum atomic E-state index is -1.29. The fourth-order valence-corrected chi connectivity index (χ4v) is 6.12. The summed E-state index contributed by atoms with van der Waals surface area (Å²) in [6.07, 6.45) is -1.61. The van der Waals surface area contributed by atoms with Crippen molar-refractivity contribution in [3.8, 4) is 5.75 Å². The van der Waals surface area contributed by atoms with Crippen LogP contribution in [0.15, 0.2) is 78.9 Å². The van der Waals surface area contributed by atoms with Crippen LogP contribution < -0.4 is 16.2 Å². The van der Waals surface area contributed by atoms with Crippen molar-refractivity contribution >= 4 is 17.7 Å². The lowest BCUT2D eigenvalue weighted by atomic mass is 9.77. The third-order valence-corrected chi connectivity index (χ3v) is 8.58. The maximum Gasteiger partial charge on any atom is 0.409 e. The fraction of sp³-hybridized carbons (Fsp3) is 0.417. The van der Waals surface area contributed by atoms with Gasteiger partial charge >= 0.3 is 6.09 Å². The number of nitrogens with zero attached hydrogens (tertiary/aromatic N) is 1. The van der Waals surface area contributed by atoms with Crippen molar-refractivity contribution in [3.05, 3.63) is 101 Å². The van der Waals surface area contributed by atoms with Gasteiger partial charge in [0.15, 0.2) is 5.78 Å². The van der Waals surface area contributed by atoms with Crippen LogP contribution >= 0.6 is 0 Å². The van der Waals surface area contributed by atoms with Gasteiger partial charge in [-0.3, -0.25) is 9.59 Å². The molecule has 9 heteroatoms. The minimum Gasteiger partial charge on any atom is -0.485 e. The highest BCUT2D eigenvalue weighted by molar-refractivity contribution is 5.85.